The first-order valence-corrected chi connectivity index (χ1v) is 7.30. The van der Waals surface area contributed by atoms with E-state index in [9.17, 15) is 0 Å². The first kappa shape index (κ1) is 12.8. The minimum absolute atomic E-state index is 0.0825. The highest BCUT2D eigenvalue weighted by molar-refractivity contribution is 9.10. The van der Waals surface area contributed by atoms with E-state index in [1.165, 1.54) is 26.0 Å². The van der Waals surface area contributed by atoms with Gasteiger partial charge in [0.1, 0.15) is 0 Å². The van der Waals surface area contributed by atoms with Gasteiger partial charge in [-0.3, -0.25) is 0 Å². The molecule has 17 heavy (non-hydrogen) atoms. The van der Waals surface area contributed by atoms with Gasteiger partial charge in [0.15, 0.2) is 0 Å². The minimum atomic E-state index is 0.0825. The maximum Gasteiger partial charge on any atom is 0.0343 e. The molecule has 90 valence electrons. The Morgan fingerprint density at radius 1 is 1.29 bits per heavy atom. The third kappa shape index (κ3) is 2.97. The lowest BCUT2D eigenvalue weighted by atomic mass is 9.99. The first-order chi connectivity index (χ1) is 8.08. The Kier molecular flexibility index (Phi) is 4.02. The molecule has 0 amide bonds. The average Bonchev–Trinajstić information content (AvgIpc) is 2.77. The first-order valence-electron chi connectivity index (χ1n) is 5.62. The molecule has 1 aromatic heterocycles. The molecule has 0 spiro atoms. The highest BCUT2D eigenvalue weighted by Crippen LogP contribution is 2.26. The van der Waals surface area contributed by atoms with Gasteiger partial charge < -0.3 is 5.73 Å². The van der Waals surface area contributed by atoms with E-state index in [0.717, 1.165) is 6.42 Å². The third-order valence-corrected chi connectivity index (χ3v) is 5.04. The van der Waals surface area contributed by atoms with Crippen LogP contribution in [0.2, 0.25) is 0 Å². The molecule has 0 fully saturated rings. The van der Waals surface area contributed by atoms with Crippen LogP contribution in [-0.2, 0) is 6.42 Å². The zero-order valence-electron chi connectivity index (χ0n) is 10.0. The van der Waals surface area contributed by atoms with Gasteiger partial charge >= 0.3 is 0 Å². The van der Waals surface area contributed by atoms with E-state index >= 15 is 0 Å². The molecule has 0 saturated heterocycles. The van der Waals surface area contributed by atoms with E-state index in [4.69, 9.17) is 5.73 Å². The average molecular weight is 310 g/mol. The molecule has 0 aliphatic heterocycles. The van der Waals surface area contributed by atoms with E-state index in [1.54, 1.807) is 11.3 Å². The third-order valence-electron chi connectivity index (χ3n) is 2.89. The van der Waals surface area contributed by atoms with Crippen LogP contribution in [0.1, 0.15) is 27.6 Å². The lowest BCUT2D eigenvalue weighted by Gasteiger charge is -2.14. The number of halogens is 1. The quantitative estimate of drug-likeness (QED) is 0.895. The molecule has 2 aromatic rings. The summed E-state index contributed by atoms with van der Waals surface area (Å²) in [5.74, 6) is 0. The maximum absolute atomic E-state index is 6.27. The molecule has 1 heterocycles. The molecular weight excluding hydrogens is 294 g/mol. The Morgan fingerprint density at radius 3 is 2.47 bits per heavy atom. The second-order valence-electron chi connectivity index (χ2n) is 4.36. The van der Waals surface area contributed by atoms with Crippen LogP contribution < -0.4 is 5.73 Å². The van der Waals surface area contributed by atoms with Crippen molar-refractivity contribution in [1.29, 1.82) is 0 Å². The molecular formula is C14H16BrNS. The van der Waals surface area contributed by atoms with Crippen LogP contribution in [0.15, 0.2) is 34.1 Å². The van der Waals surface area contributed by atoms with Crippen molar-refractivity contribution in [2.45, 2.75) is 26.3 Å². The van der Waals surface area contributed by atoms with E-state index in [0.29, 0.717) is 0 Å². The van der Waals surface area contributed by atoms with E-state index < -0.39 is 0 Å². The molecule has 2 rings (SSSR count). The predicted octanol–water partition coefficient (Wildman–Crippen LogP) is 4.37. The molecule has 0 saturated carbocycles. The van der Waals surface area contributed by atoms with Crippen LogP contribution in [0.3, 0.4) is 0 Å². The molecule has 0 aliphatic carbocycles. The lowest BCUT2D eigenvalue weighted by Crippen LogP contribution is -2.13. The van der Waals surface area contributed by atoms with E-state index in [-0.39, 0.29) is 6.04 Å². The number of hydrogen-bond acceptors (Lipinski definition) is 2. The van der Waals surface area contributed by atoms with Gasteiger partial charge in [0.25, 0.3) is 0 Å². The van der Waals surface area contributed by atoms with Gasteiger partial charge in [-0.25, -0.2) is 0 Å². The Bertz CT molecular complexity index is 482. The molecule has 1 unspecified atom stereocenters. The summed E-state index contributed by atoms with van der Waals surface area (Å²) in [6.45, 7) is 4.22. The fraction of sp³-hybridized carbons (Fsp3) is 0.286. The summed E-state index contributed by atoms with van der Waals surface area (Å²) in [4.78, 5) is 1.34. The van der Waals surface area contributed by atoms with Crippen molar-refractivity contribution in [3.63, 3.8) is 0 Å². The topological polar surface area (TPSA) is 26.0 Å². The number of thiophene rings is 1. The summed E-state index contributed by atoms with van der Waals surface area (Å²) in [5.41, 5.74) is 9.99. The van der Waals surface area contributed by atoms with Gasteiger partial charge in [-0.1, -0.05) is 34.1 Å². The van der Waals surface area contributed by atoms with Crippen molar-refractivity contribution in [2.24, 2.45) is 5.73 Å². The van der Waals surface area contributed by atoms with E-state index in [2.05, 4.69) is 59.4 Å². The van der Waals surface area contributed by atoms with Crippen molar-refractivity contribution >= 4 is 27.3 Å². The van der Waals surface area contributed by atoms with Gasteiger partial charge in [0.2, 0.25) is 0 Å². The van der Waals surface area contributed by atoms with Gasteiger partial charge in [-0.15, -0.1) is 11.3 Å². The fourth-order valence-electron chi connectivity index (χ4n) is 1.96. The fourth-order valence-corrected chi connectivity index (χ4v) is 2.95. The smallest absolute Gasteiger partial charge is 0.0343 e. The van der Waals surface area contributed by atoms with Gasteiger partial charge in [-0.2, -0.15) is 0 Å². The molecule has 1 atom stereocenters. The number of aryl methyl sites for hydroxylation is 2. The second kappa shape index (κ2) is 5.34. The van der Waals surface area contributed by atoms with Gasteiger partial charge in [0.05, 0.1) is 0 Å². The second-order valence-corrected chi connectivity index (χ2v) is 6.18. The zero-order chi connectivity index (χ0) is 12.4. The number of hydrogen-bond donors (Lipinski definition) is 1. The Balaban J connectivity index is 2.22. The monoisotopic (exact) mass is 309 g/mol. The van der Waals surface area contributed by atoms with Gasteiger partial charge in [-0.05, 0) is 42.0 Å². The summed E-state index contributed by atoms with van der Waals surface area (Å²) >= 11 is 5.35. The normalized spacial score (nSPS) is 12.7. The SMILES string of the molecule is Cc1cc(C(N)Cc2cccs2)cc(C)c1Br. The highest BCUT2D eigenvalue weighted by Gasteiger charge is 2.10. The van der Waals surface area contributed by atoms with Crippen molar-refractivity contribution in [1.82, 2.24) is 0 Å². The van der Waals surface area contributed by atoms with Crippen LogP contribution in [-0.4, -0.2) is 0 Å². The number of nitrogens with two attached hydrogens (primary N) is 1. The molecule has 1 nitrogen and oxygen atoms in total. The van der Waals surface area contributed by atoms with Crippen LogP contribution in [0.5, 0.6) is 0 Å². The Morgan fingerprint density at radius 2 is 1.94 bits per heavy atom. The molecule has 3 heteroatoms. The van der Waals surface area contributed by atoms with E-state index in [1.807, 2.05) is 0 Å². The Labute approximate surface area is 115 Å². The largest absolute Gasteiger partial charge is 0.324 e. The lowest BCUT2D eigenvalue weighted by molar-refractivity contribution is 0.728. The highest BCUT2D eigenvalue weighted by atomic mass is 79.9. The summed E-state index contributed by atoms with van der Waals surface area (Å²) in [7, 11) is 0. The van der Waals surface area contributed by atoms with Crippen LogP contribution >= 0.6 is 27.3 Å². The molecule has 0 aliphatic rings. The van der Waals surface area contributed by atoms with Crippen molar-refractivity contribution in [2.75, 3.05) is 0 Å². The van der Waals surface area contributed by atoms with Crippen molar-refractivity contribution in [3.05, 3.63) is 55.7 Å². The molecule has 0 bridgehead atoms. The number of benzene rings is 1. The summed E-state index contributed by atoms with van der Waals surface area (Å²) in [6, 6.07) is 8.65. The van der Waals surface area contributed by atoms with Crippen LogP contribution in [0, 0.1) is 13.8 Å². The van der Waals surface area contributed by atoms with Crippen molar-refractivity contribution in [3.8, 4) is 0 Å². The molecule has 0 radical (unpaired) electrons. The predicted molar refractivity (Wildman–Crippen MR) is 78.6 cm³/mol. The standard InChI is InChI=1S/C14H16BrNS/c1-9-6-11(7-10(2)14(9)15)13(16)8-12-4-3-5-17-12/h3-7,13H,8,16H2,1-2H3. The van der Waals surface area contributed by atoms with Crippen LogP contribution in [0.4, 0.5) is 0 Å². The van der Waals surface area contributed by atoms with Crippen molar-refractivity contribution < 1.29 is 0 Å². The summed E-state index contributed by atoms with van der Waals surface area (Å²) in [6.07, 6.45) is 0.915. The summed E-state index contributed by atoms with van der Waals surface area (Å²) < 4.78 is 1.18. The minimum Gasteiger partial charge on any atom is -0.324 e. The molecule has 1 aromatic carbocycles. The molecule has 2 N–H and O–H groups in total. The van der Waals surface area contributed by atoms with Crippen LogP contribution in [0.25, 0.3) is 0 Å². The Hall–Kier alpha value is -0.640. The van der Waals surface area contributed by atoms with Gasteiger partial charge in [0, 0.05) is 21.8 Å². The summed E-state index contributed by atoms with van der Waals surface area (Å²) in [5, 5.41) is 2.10. The zero-order valence-corrected chi connectivity index (χ0v) is 12.4. The number of rotatable bonds is 3. The maximum atomic E-state index is 6.27.